The van der Waals surface area contributed by atoms with Gasteiger partial charge in [0.15, 0.2) is 5.76 Å². The Morgan fingerprint density at radius 2 is 1.96 bits per heavy atom. The molecule has 1 saturated heterocycles. The summed E-state index contributed by atoms with van der Waals surface area (Å²) in [5, 5.41) is 3.90. The van der Waals surface area contributed by atoms with Crippen LogP contribution < -0.4 is 10.5 Å². The molecule has 1 fully saturated rings. The highest BCUT2D eigenvalue weighted by molar-refractivity contribution is 5.85. The van der Waals surface area contributed by atoms with Crippen LogP contribution in [0, 0.1) is 0 Å². The molecular formula is C17H22Cl2F3N3O2. The second-order valence-electron chi connectivity index (χ2n) is 6.21. The molecule has 1 aromatic heterocycles. The van der Waals surface area contributed by atoms with Crippen LogP contribution >= 0.6 is 24.8 Å². The highest BCUT2D eigenvalue weighted by Crippen LogP contribution is 2.33. The zero-order valence-electron chi connectivity index (χ0n) is 14.4. The Bertz CT molecular complexity index is 713. The lowest BCUT2D eigenvalue weighted by atomic mass is 10.1. The summed E-state index contributed by atoms with van der Waals surface area (Å²) < 4.78 is 47.0. The average molecular weight is 428 g/mol. The molecule has 152 valence electrons. The predicted molar refractivity (Wildman–Crippen MR) is 100 cm³/mol. The average Bonchev–Trinajstić information content (AvgIpc) is 2.88. The number of para-hydroxylation sites is 1. The van der Waals surface area contributed by atoms with Gasteiger partial charge >= 0.3 is 6.36 Å². The van der Waals surface area contributed by atoms with Gasteiger partial charge in [-0.3, -0.25) is 4.90 Å². The van der Waals surface area contributed by atoms with Crippen molar-refractivity contribution in [2.24, 2.45) is 5.73 Å². The van der Waals surface area contributed by atoms with Crippen molar-refractivity contribution < 1.29 is 22.4 Å². The summed E-state index contributed by atoms with van der Waals surface area (Å²) in [5.74, 6) is 0.289. The standard InChI is InChI=1S/C17H20F3N3O2.2ClH/c18-17(19,20)24-16-7-2-1-6-14(16)15-9-13(25-22-15)11-23-8-4-3-5-12(21)10-23;;/h1-2,6-7,9,12H,3-5,8,10-11,21H2;2*1H. The number of alkyl halides is 3. The lowest BCUT2D eigenvalue weighted by Gasteiger charge is -2.20. The third-order valence-electron chi connectivity index (χ3n) is 4.12. The van der Waals surface area contributed by atoms with Crippen LogP contribution in [-0.2, 0) is 6.54 Å². The first kappa shape index (κ1) is 23.6. The number of halogens is 5. The molecule has 2 aromatic rings. The van der Waals surface area contributed by atoms with Gasteiger partial charge in [0.05, 0.1) is 6.54 Å². The summed E-state index contributed by atoms with van der Waals surface area (Å²) in [7, 11) is 0. The van der Waals surface area contributed by atoms with Gasteiger partial charge in [-0.25, -0.2) is 0 Å². The molecule has 1 atom stereocenters. The van der Waals surface area contributed by atoms with Crippen molar-refractivity contribution in [3.05, 3.63) is 36.1 Å². The van der Waals surface area contributed by atoms with Gasteiger partial charge in [-0.05, 0) is 31.5 Å². The van der Waals surface area contributed by atoms with Crippen LogP contribution in [0.25, 0.3) is 11.3 Å². The number of rotatable bonds is 4. The van der Waals surface area contributed by atoms with Gasteiger partial charge < -0.3 is 15.0 Å². The number of nitrogens with two attached hydrogens (primary N) is 1. The van der Waals surface area contributed by atoms with Gasteiger partial charge in [0.25, 0.3) is 0 Å². The molecule has 1 aliphatic rings. The molecule has 3 rings (SSSR count). The second-order valence-corrected chi connectivity index (χ2v) is 6.21. The number of ether oxygens (including phenoxy) is 1. The molecule has 0 aliphatic carbocycles. The lowest BCUT2D eigenvalue weighted by molar-refractivity contribution is -0.274. The Kier molecular flexibility index (Phi) is 8.87. The second kappa shape index (κ2) is 10.2. The fourth-order valence-electron chi connectivity index (χ4n) is 3.03. The highest BCUT2D eigenvalue weighted by atomic mass is 35.5. The van der Waals surface area contributed by atoms with E-state index in [9.17, 15) is 13.2 Å². The monoisotopic (exact) mass is 427 g/mol. The van der Waals surface area contributed by atoms with Crippen LogP contribution in [0.3, 0.4) is 0 Å². The van der Waals surface area contributed by atoms with Gasteiger partial charge in [-0.15, -0.1) is 38.0 Å². The van der Waals surface area contributed by atoms with E-state index >= 15 is 0 Å². The third kappa shape index (κ3) is 6.88. The van der Waals surface area contributed by atoms with Crippen LogP contribution in [0.15, 0.2) is 34.9 Å². The first-order chi connectivity index (χ1) is 11.9. The maximum absolute atomic E-state index is 12.5. The minimum atomic E-state index is -4.76. The molecule has 10 heteroatoms. The topological polar surface area (TPSA) is 64.5 Å². The largest absolute Gasteiger partial charge is 0.573 e. The Morgan fingerprint density at radius 1 is 1.22 bits per heavy atom. The molecule has 0 radical (unpaired) electrons. The van der Waals surface area contributed by atoms with E-state index in [-0.39, 0.29) is 42.2 Å². The summed E-state index contributed by atoms with van der Waals surface area (Å²) in [6.45, 7) is 2.21. The van der Waals surface area contributed by atoms with Crippen molar-refractivity contribution in [2.45, 2.75) is 38.2 Å². The van der Waals surface area contributed by atoms with Gasteiger partial charge in [0.1, 0.15) is 11.4 Å². The summed E-state index contributed by atoms with van der Waals surface area (Å²) in [5.41, 5.74) is 6.59. The van der Waals surface area contributed by atoms with Crippen molar-refractivity contribution in [3.8, 4) is 17.0 Å². The maximum Gasteiger partial charge on any atom is 0.573 e. The predicted octanol–water partition coefficient (Wildman–Crippen LogP) is 4.40. The summed E-state index contributed by atoms with van der Waals surface area (Å²) in [6.07, 6.45) is -1.59. The Balaban J connectivity index is 0.00000182. The zero-order chi connectivity index (χ0) is 17.9. The van der Waals surface area contributed by atoms with Gasteiger partial charge in [-0.2, -0.15) is 0 Å². The summed E-state index contributed by atoms with van der Waals surface area (Å²) in [6, 6.07) is 7.65. The Morgan fingerprint density at radius 3 is 2.70 bits per heavy atom. The molecule has 0 bridgehead atoms. The number of likely N-dealkylation sites (tertiary alicyclic amines) is 1. The number of hydrogen-bond acceptors (Lipinski definition) is 5. The molecule has 1 aromatic carbocycles. The molecule has 2 heterocycles. The Hall–Kier alpha value is -1.48. The molecule has 27 heavy (non-hydrogen) atoms. The van der Waals surface area contributed by atoms with Crippen molar-refractivity contribution in [1.29, 1.82) is 0 Å². The lowest BCUT2D eigenvalue weighted by Crippen LogP contribution is -2.35. The number of hydrogen-bond donors (Lipinski definition) is 1. The first-order valence-corrected chi connectivity index (χ1v) is 8.19. The van der Waals surface area contributed by atoms with E-state index in [0.29, 0.717) is 18.0 Å². The van der Waals surface area contributed by atoms with E-state index in [1.165, 1.54) is 18.2 Å². The third-order valence-corrected chi connectivity index (χ3v) is 4.12. The molecule has 0 amide bonds. The van der Waals surface area contributed by atoms with E-state index in [4.69, 9.17) is 10.3 Å². The SMILES string of the molecule is Cl.Cl.NC1CCCCN(Cc2cc(-c3ccccc3OC(F)(F)F)no2)C1. The van der Waals surface area contributed by atoms with Crippen LogP contribution in [0.2, 0.25) is 0 Å². The van der Waals surface area contributed by atoms with Crippen LogP contribution in [0.5, 0.6) is 5.75 Å². The number of aromatic nitrogens is 1. The van der Waals surface area contributed by atoms with Gasteiger partial charge in [-0.1, -0.05) is 23.7 Å². The van der Waals surface area contributed by atoms with E-state index in [2.05, 4.69) is 14.8 Å². The van der Waals surface area contributed by atoms with Crippen LogP contribution in [0.1, 0.15) is 25.0 Å². The number of benzene rings is 1. The molecule has 2 N–H and O–H groups in total. The van der Waals surface area contributed by atoms with Crippen molar-refractivity contribution in [3.63, 3.8) is 0 Å². The first-order valence-electron chi connectivity index (χ1n) is 8.19. The minimum absolute atomic E-state index is 0. The zero-order valence-corrected chi connectivity index (χ0v) is 16.1. The van der Waals surface area contributed by atoms with Crippen molar-refractivity contribution in [2.75, 3.05) is 13.1 Å². The van der Waals surface area contributed by atoms with E-state index in [1.807, 2.05) is 0 Å². The van der Waals surface area contributed by atoms with Crippen LogP contribution in [-0.4, -0.2) is 35.6 Å². The Labute approximate surface area is 167 Å². The van der Waals surface area contributed by atoms with Crippen molar-refractivity contribution in [1.82, 2.24) is 10.1 Å². The van der Waals surface area contributed by atoms with E-state index in [1.54, 1.807) is 12.1 Å². The molecule has 1 aliphatic heterocycles. The molecule has 0 saturated carbocycles. The van der Waals surface area contributed by atoms with Gasteiger partial charge in [0, 0.05) is 24.2 Å². The smallest absolute Gasteiger partial charge is 0.405 e. The fourth-order valence-corrected chi connectivity index (χ4v) is 3.03. The van der Waals surface area contributed by atoms with E-state index < -0.39 is 6.36 Å². The highest BCUT2D eigenvalue weighted by Gasteiger charge is 2.32. The molecule has 1 unspecified atom stereocenters. The van der Waals surface area contributed by atoms with Gasteiger partial charge in [0.2, 0.25) is 0 Å². The minimum Gasteiger partial charge on any atom is -0.405 e. The number of nitrogens with zero attached hydrogens (tertiary/aromatic N) is 2. The van der Waals surface area contributed by atoms with Crippen LogP contribution in [0.4, 0.5) is 13.2 Å². The summed E-state index contributed by atoms with van der Waals surface area (Å²) in [4.78, 5) is 2.18. The fraction of sp³-hybridized carbons (Fsp3) is 0.471. The maximum atomic E-state index is 12.5. The molecular weight excluding hydrogens is 406 g/mol. The van der Waals surface area contributed by atoms with E-state index in [0.717, 1.165) is 32.4 Å². The molecule has 5 nitrogen and oxygen atoms in total. The normalized spacial score (nSPS) is 18.1. The summed E-state index contributed by atoms with van der Waals surface area (Å²) >= 11 is 0. The quantitative estimate of drug-likeness (QED) is 0.783. The molecule has 0 spiro atoms. The van der Waals surface area contributed by atoms with Crippen molar-refractivity contribution >= 4 is 24.8 Å².